The SMILES string of the molecule is CCC(C)OC(=O)C(COC(=O)Oc1c(F)cc(NC(=O)c2ccccc2-c2ccc(C(F)(F)F)cc2)c(C(=O)N(C)C)c1F)(C(=O)O)c1nccs1. The molecule has 18 heteroatoms. The minimum absolute atomic E-state index is 0.144. The van der Waals surface area contributed by atoms with Crippen LogP contribution in [0, 0.1) is 11.6 Å². The second-order valence-electron chi connectivity index (χ2n) is 11.5. The van der Waals surface area contributed by atoms with Crippen molar-refractivity contribution in [1.29, 1.82) is 0 Å². The highest BCUT2D eigenvalue weighted by molar-refractivity contribution is 7.10. The standard InChI is InChI=1S/C35H30F5N3O9S/c1-5-18(2)51-32(48)34(31(46)47,30-41-14-15-53-30)17-50-33(49)52-27-23(36)16-24(25(26(27)37)29(45)43(3)4)42-28(44)22-9-7-6-8-21(22)19-10-12-20(13-11-19)35(38,39)40/h6-16,18H,5,17H2,1-4H3,(H,42,44)(H,46,47). The molecule has 0 aliphatic carbocycles. The van der Waals surface area contributed by atoms with Crippen molar-refractivity contribution in [2.24, 2.45) is 0 Å². The summed E-state index contributed by atoms with van der Waals surface area (Å²) in [5, 5.41) is 13.4. The molecular formula is C35H30F5N3O9S. The fourth-order valence-electron chi connectivity index (χ4n) is 4.72. The number of hydrogen-bond donors (Lipinski definition) is 2. The quantitative estimate of drug-likeness (QED) is 0.0670. The van der Waals surface area contributed by atoms with Crippen LogP contribution in [0.4, 0.5) is 32.4 Å². The van der Waals surface area contributed by atoms with Crippen LogP contribution < -0.4 is 10.1 Å². The van der Waals surface area contributed by atoms with E-state index in [-0.39, 0.29) is 21.7 Å². The molecule has 0 aliphatic rings. The fourth-order valence-corrected chi connectivity index (χ4v) is 5.52. The Morgan fingerprint density at radius 3 is 2.25 bits per heavy atom. The van der Waals surface area contributed by atoms with E-state index in [0.29, 0.717) is 12.5 Å². The number of esters is 1. The van der Waals surface area contributed by atoms with Crippen LogP contribution >= 0.6 is 11.3 Å². The number of thiazole rings is 1. The van der Waals surface area contributed by atoms with Crippen molar-refractivity contribution in [3.8, 4) is 16.9 Å². The van der Waals surface area contributed by atoms with Gasteiger partial charge >= 0.3 is 24.3 Å². The molecule has 0 saturated carbocycles. The highest BCUT2D eigenvalue weighted by Gasteiger charge is 2.54. The Morgan fingerprint density at radius 1 is 1.02 bits per heavy atom. The minimum Gasteiger partial charge on any atom is -0.480 e. The Balaban J connectivity index is 1.66. The summed E-state index contributed by atoms with van der Waals surface area (Å²) >= 11 is 0.733. The van der Waals surface area contributed by atoms with Gasteiger partial charge in [0.2, 0.25) is 11.2 Å². The highest BCUT2D eigenvalue weighted by atomic mass is 32.1. The van der Waals surface area contributed by atoms with E-state index in [0.717, 1.165) is 40.5 Å². The van der Waals surface area contributed by atoms with Gasteiger partial charge in [-0.2, -0.15) is 13.2 Å². The van der Waals surface area contributed by atoms with E-state index in [1.165, 1.54) is 56.9 Å². The number of carboxylic acid groups (broad SMARTS) is 1. The molecule has 0 radical (unpaired) electrons. The summed E-state index contributed by atoms with van der Waals surface area (Å²) in [5.41, 5.74) is -5.11. The number of rotatable bonds is 12. The molecule has 2 N–H and O–H groups in total. The van der Waals surface area contributed by atoms with Gasteiger partial charge in [0, 0.05) is 37.3 Å². The van der Waals surface area contributed by atoms with Gasteiger partial charge in [-0.3, -0.25) is 19.2 Å². The smallest absolute Gasteiger partial charge is 0.480 e. The van der Waals surface area contributed by atoms with Crippen molar-refractivity contribution in [2.75, 3.05) is 26.0 Å². The Hall–Kier alpha value is -5.91. The predicted octanol–water partition coefficient (Wildman–Crippen LogP) is 6.94. The average molecular weight is 764 g/mol. The van der Waals surface area contributed by atoms with E-state index in [1.54, 1.807) is 6.92 Å². The van der Waals surface area contributed by atoms with Crippen LogP contribution in [-0.2, 0) is 30.7 Å². The van der Waals surface area contributed by atoms with Crippen molar-refractivity contribution in [2.45, 2.75) is 38.0 Å². The minimum atomic E-state index is -4.61. The summed E-state index contributed by atoms with van der Waals surface area (Å²) < 4.78 is 85.6. The summed E-state index contributed by atoms with van der Waals surface area (Å²) in [5.74, 6) is -10.2. The van der Waals surface area contributed by atoms with Crippen molar-refractivity contribution in [3.63, 3.8) is 0 Å². The summed E-state index contributed by atoms with van der Waals surface area (Å²) in [6.07, 6.45) is -5.75. The van der Waals surface area contributed by atoms with Crippen LogP contribution in [0.1, 0.15) is 51.6 Å². The lowest BCUT2D eigenvalue weighted by Crippen LogP contribution is -2.50. The number of ether oxygens (including phenoxy) is 3. The molecule has 3 aromatic carbocycles. The molecule has 0 fully saturated rings. The van der Waals surface area contributed by atoms with E-state index in [1.807, 2.05) is 0 Å². The molecule has 53 heavy (non-hydrogen) atoms. The Kier molecular flexibility index (Phi) is 12.2. The molecule has 4 aromatic rings. The van der Waals surface area contributed by atoms with Crippen LogP contribution in [0.2, 0.25) is 0 Å². The van der Waals surface area contributed by atoms with Gasteiger partial charge in [0.15, 0.2) is 11.6 Å². The van der Waals surface area contributed by atoms with Crippen LogP contribution in [0.15, 0.2) is 66.2 Å². The average Bonchev–Trinajstić information content (AvgIpc) is 3.65. The maximum absolute atomic E-state index is 16.0. The number of hydrogen-bond acceptors (Lipinski definition) is 10. The van der Waals surface area contributed by atoms with Gasteiger partial charge in [-0.15, -0.1) is 11.3 Å². The number of anilines is 1. The largest absolute Gasteiger partial charge is 0.514 e. The number of benzene rings is 3. The van der Waals surface area contributed by atoms with E-state index >= 15 is 8.78 Å². The van der Waals surface area contributed by atoms with Gasteiger partial charge in [-0.05, 0) is 42.7 Å². The highest BCUT2D eigenvalue weighted by Crippen LogP contribution is 2.35. The molecule has 0 spiro atoms. The summed E-state index contributed by atoms with van der Waals surface area (Å²) in [6, 6.07) is 10.00. The predicted molar refractivity (Wildman–Crippen MR) is 178 cm³/mol. The van der Waals surface area contributed by atoms with Gasteiger partial charge in [-0.1, -0.05) is 37.3 Å². The topological polar surface area (TPSA) is 161 Å². The molecule has 0 saturated heterocycles. The third-order valence-electron chi connectivity index (χ3n) is 7.73. The number of aliphatic carboxylic acids is 1. The first-order valence-corrected chi connectivity index (χ1v) is 16.3. The van der Waals surface area contributed by atoms with Crippen molar-refractivity contribution >= 4 is 46.9 Å². The lowest BCUT2D eigenvalue weighted by Gasteiger charge is -2.26. The van der Waals surface area contributed by atoms with Crippen LogP contribution in [0.3, 0.4) is 0 Å². The maximum atomic E-state index is 16.0. The molecule has 2 unspecified atom stereocenters. The third kappa shape index (κ3) is 8.60. The molecule has 1 aromatic heterocycles. The van der Waals surface area contributed by atoms with E-state index in [2.05, 4.69) is 10.3 Å². The molecule has 1 heterocycles. The fraction of sp³-hybridized carbons (Fsp3) is 0.257. The molecule has 2 amide bonds. The zero-order valence-electron chi connectivity index (χ0n) is 28.2. The maximum Gasteiger partial charge on any atom is 0.514 e. The van der Waals surface area contributed by atoms with Crippen LogP contribution in [-0.4, -0.2) is 71.7 Å². The number of alkyl halides is 3. The first-order chi connectivity index (χ1) is 24.9. The second-order valence-corrected chi connectivity index (χ2v) is 12.4. The van der Waals surface area contributed by atoms with Gasteiger partial charge in [0.25, 0.3) is 11.8 Å². The van der Waals surface area contributed by atoms with Crippen LogP contribution in [0.25, 0.3) is 11.1 Å². The lowest BCUT2D eigenvalue weighted by molar-refractivity contribution is -0.167. The number of carbonyl (C=O) groups is 5. The summed E-state index contributed by atoms with van der Waals surface area (Å²) in [6.45, 7) is 1.88. The second kappa shape index (κ2) is 16.2. The Bertz CT molecular complexity index is 2020. The summed E-state index contributed by atoms with van der Waals surface area (Å²) in [4.78, 5) is 69.7. The number of amides is 2. The monoisotopic (exact) mass is 763 g/mol. The molecule has 0 bridgehead atoms. The zero-order chi connectivity index (χ0) is 39.2. The Labute approximate surface area is 302 Å². The van der Waals surface area contributed by atoms with Crippen molar-refractivity contribution in [3.05, 3.63) is 99.5 Å². The molecular weight excluding hydrogens is 733 g/mol. The molecule has 280 valence electrons. The Morgan fingerprint density at radius 2 is 1.68 bits per heavy atom. The normalized spacial score (nSPS) is 12.9. The van der Waals surface area contributed by atoms with Crippen molar-refractivity contribution in [1.82, 2.24) is 9.88 Å². The van der Waals surface area contributed by atoms with Gasteiger partial charge in [0.1, 0.15) is 17.2 Å². The van der Waals surface area contributed by atoms with Crippen molar-refractivity contribution < 1.29 is 65.2 Å². The van der Waals surface area contributed by atoms with E-state index in [4.69, 9.17) is 14.2 Å². The lowest BCUT2D eigenvalue weighted by atomic mass is 9.90. The first kappa shape index (κ1) is 39.9. The third-order valence-corrected chi connectivity index (χ3v) is 8.66. The van der Waals surface area contributed by atoms with Gasteiger partial charge in [0.05, 0.1) is 17.4 Å². The molecule has 2 atom stereocenters. The van der Waals surface area contributed by atoms with Gasteiger partial charge < -0.3 is 29.5 Å². The number of nitrogens with one attached hydrogen (secondary N) is 1. The molecule has 4 rings (SSSR count). The van der Waals surface area contributed by atoms with E-state index in [9.17, 15) is 42.3 Å². The number of carboxylic acids is 1. The molecule has 12 nitrogen and oxygen atoms in total. The number of halogens is 5. The number of carbonyl (C=O) groups excluding carboxylic acids is 4. The first-order valence-electron chi connectivity index (χ1n) is 15.4. The van der Waals surface area contributed by atoms with Crippen LogP contribution in [0.5, 0.6) is 5.75 Å². The number of nitrogens with zero attached hydrogens (tertiary/aromatic N) is 2. The van der Waals surface area contributed by atoms with E-state index < -0.39 is 88.4 Å². The number of aromatic nitrogens is 1. The van der Waals surface area contributed by atoms with Gasteiger partial charge in [-0.25, -0.2) is 18.6 Å². The summed E-state index contributed by atoms with van der Waals surface area (Å²) in [7, 11) is 2.40. The molecule has 0 aliphatic heterocycles. The zero-order valence-corrected chi connectivity index (χ0v) is 29.1.